The van der Waals surface area contributed by atoms with Crippen molar-refractivity contribution in [1.82, 2.24) is 5.32 Å². The molecule has 0 saturated carbocycles. The molecule has 0 rings (SSSR count). The number of nitrogens with one attached hydrogen (secondary N) is 1. The Kier molecular flexibility index (Phi) is 11.0. The lowest BCUT2D eigenvalue weighted by atomic mass is 10.1. The lowest BCUT2D eigenvalue weighted by molar-refractivity contribution is 0.479. The molecule has 0 aliphatic heterocycles. The summed E-state index contributed by atoms with van der Waals surface area (Å²) in [5.74, 6) is 0. The van der Waals surface area contributed by atoms with Gasteiger partial charge in [0.2, 0.25) is 0 Å². The van der Waals surface area contributed by atoms with Crippen molar-refractivity contribution in [3.05, 3.63) is 0 Å². The summed E-state index contributed by atoms with van der Waals surface area (Å²) in [5, 5.41) is 3.59. The van der Waals surface area contributed by atoms with Gasteiger partial charge in [0.05, 0.1) is 0 Å². The van der Waals surface area contributed by atoms with Gasteiger partial charge in [-0.15, -0.1) is 0 Å². The monoisotopic (exact) mass is 199 g/mol. The topological polar surface area (TPSA) is 12.0 Å². The first kappa shape index (κ1) is 14.0. The number of hydrogen-bond donors (Lipinski definition) is 1. The van der Waals surface area contributed by atoms with Gasteiger partial charge in [-0.25, -0.2) is 0 Å². The molecule has 0 heterocycles. The third-order valence-electron chi connectivity index (χ3n) is 2.76. The van der Waals surface area contributed by atoms with Crippen LogP contribution in [0.3, 0.4) is 0 Å². The van der Waals surface area contributed by atoms with Crippen LogP contribution in [0, 0.1) is 0 Å². The lowest BCUT2D eigenvalue weighted by Crippen LogP contribution is -2.26. The Balaban J connectivity index is 3.02. The second kappa shape index (κ2) is 11.0. The summed E-state index contributed by atoms with van der Waals surface area (Å²) in [4.78, 5) is 0. The molecule has 0 fully saturated rings. The van der Waals surface area contributed by atoms with Gasteiger partial charge in [-0.3, -0.25) is 0 Å². The Morgan fingerprint density at radius 3 is 2.14 bits per heavy atom. The van der Waals surface area contributed by atoms with E-state index in [0.29, 0.717) is 0 Å². The quantitative estimate of drug-likeness (QED) is 0.522. The molecule has 1 atom stereocenters. The van der Waals surface area contributed by atoms with Crippen LogP contribution >= 0.6 is 0 Å². The summed E-state index contributed by atoms with van der Waals surface area (Å²) >= 11 is 0. The first-order valence-electron chi connectivity index (χ1n) is 6.54. The minimum Gasteiger partial charge on any atom is -0.314 e. The zero-order chi connectivity index (χ0) is 10.6. The first-order valence-corrected chi connectivity index (χ1v) is 6.54. The molecule has 0 amide bonds. The zero-order valence-electron chi connectivity index (χ0n) is 10.4. The molecule has 1 heteroatoms. The maximum atomic E-state index is 3.59. The van der Waals surface area contributed by atoms with E-state index in [9.17, 15) is 0 Å². The smallest absolute Gasteiger partial charge is 0.00387 e. The van der Waals surface area contributed by atoms with Crippen molar-refractivity contribution >= 4 is 0 Å². The van der Waals surface area contributed by atoms with Crippen LogP contribution in [-0.4, -0.2) is 12.6 Å². The highest BCUT2D eigenvalue weighted by molar-refractivity contribution is 4.60. The van der Waals surface area contributed by atoms with Gasteiger partial charge >= 0.3 is 0 Å². The van der Waals surface area contributed by atoms with E-state index < -0.39 is 0 Å². The fraction of sp³-hybridized carbons (Fsp3) is 1.00. The van der Waals surface area contributed by atoms with Crippen molar-refractivity contribution in [3.63, 3.8) is 0 Å². The van der Waals surface area contributed by atoms with Gasteiger partial charge in [-0.05, 0) is 26.3 Å². The average molecular weight is 199 g/mol. The highest BCUT2D eigenvalue weighted by Gasteiger charge is 1.98. The summed E-state index contributed by atoms with van der Waals surface area (Å²) in [6, 6.07) is 0.723. The molecule has 0 radical (unpaired) electrons. The molecule has 0 aromatic heterocycles. The van der Waals surface area contributed by atoms with Gasteiger partial charge in [0.15, 0.2) is 0 Å². The Labute approximate surface area is 90.7 Å². The highest BCUT2D eigenvalue weighted by atomic mass is 14.9. The number of hydrogen-bond acceptors (Lipinski definition) is 1. The molecule has 14 heavy (non-hydrogen) atoms. The molecular weight excluding hydrogens is 170 g/mol. The minimum atomic E-state index is 0.723. The molecule has 1 N–H and O–H groups in total. The summed E-state index contributed by atoms with van der Waals surface area (Å²) in [6.07, 6.45) is 11.0. The number of unbranched alkanes of at least 4 members (excludes halogenated alkanes) is 5. The molecule has 0 saturated heterocycles. The summed E-state index contributed by atoms with van der Waals surface area (Å²) in [6.45, 7) is 8.05. The molecule has 86 valence electrons. The third kappa shape index (κ3) is 10.0. The van der Waals surface area contributed by atoms with Crippen LogP contribution in [-0.2, 0) is 0 Å². The maximum Gasteiger partial charge on any atom is 0.00387 e. The van der Waals surface area contributed by atoms with E-state index in [4.69, 9.17) is 0 Å². The van der Waals surface area contributed by atoms with Crippen LogP contribution in [0.4, 0.5) is 0 Å². The van der Waals surface area contributed by atoms with E-state index in [2.05, 4.69) is 26.1 Å². The predicted octanol–water partition coefficient (Wildman–Crippen LogP) is 4.13. The van der Waals surface area contributed by atoms with Crippen molar-refractivity contribution in [3.8, 4) is 0 Å². The minimum absolute atomic E-state index is 0.723. The van der Waals surface area contributed by atoms with Crippen LogP contribution in [0.25, 0.3) is 0 Å². The van der Waals surface area contributed by atoms with Crippen LogP contribution in [0.2, 0.25) is 0 Å². The second-order valence-electron chi connectivity index (χ2n) is 4.41. The SMILES string of the molecule is CCCCCCCNC(C)CCCC. The number of rotatable bonds is 10. The summed E-state index contributed by atoms with van der Waals surface area (Å²) < 4.78 is 0. The molecule has 0 aromatic carbocycles. The van der Waals surface area contributed by atoms with E-state index in [1.807, 2.05) is 0 Å². The Morgan fingerprint density at radius 1 is 0.857 bits per heavy atom. The predicted molar refractivity (Wildman–Crippen MR) is 65.7 cm³/mol. The Bertz CT molecular complexity index is 101. The van der Waals surface area contributed by atoms with Gasteiger partial charge in [-0.1, -0.05) is 52.4 Å². The summed E-state index contributed by atoms with van der Waals surface area (Å²) in [5.41, 5.74) is 0. The maximum absolute atomic E-state index is 3.59. The Morgan fingerprint density at radius 2 is 1.50 bits per heavy atom. The summed E-state index contributed by atoms with van der Waals surface area (Å²) in [7, 11) is 0. The average Bonchev–Trinajstić information content (AvgIpc) is 2.20. The molecule has 1 unspecified atom stereocenters. The van der Waals surface area contributed by atoms with Crippen molar-refractivity contribution in [1.29, 1.82) is 0 Å². The first-order chi connectivity index (χ1) is 6.81. The van der Waals surface area contributed by atoms with Crippen LogP contribution < -0.4 is 5.32 Å². The molecule has 1 nitrogen and oxygen atoms in total. The van der Waals surface area contributed by atoms with Crippen LogP contribution in [0.1, 0.15) is 72.1 Å². The zero-order valence-corrected chi connectivity index (χ0v) is 10.4. The van der Waals surface area contributed by atoms with Gasteiger partial charge < -0.3 is 5.32 Å². The van der Waals surface area contributed by atoms with Crippen molar-refractivity contribution in [2.24, 2.45) is 0 Å². The molecule has 0 aliphatic rings. The fourth-order valence-corrected chi connectivity index (χ4v) is 1.69. The van der Waals surface area contributed by atoms with E-state index >= 15 is 0 Å². The van der Waals surface area contributed by atoms with Crippen LogP contribution in [0.15, 0.2) is 0 Å². The van der Waals surface area contributed by atoms with E-state index in [1.54, 1.807) is 0 Å². The van der Waals surface area contributed by atoms with Gasteiger partial charge in [-0.2, -0.15) is 0 Å². The molecule has 0 aliphatic carbocycles. The second-order valence-corrected chi connectivity index (χ2v) is 4.41. The van der Waals surface area contributed by atoms with Gasteiger partial charge in [0, 0.05) is 6.04 Å². The van der Waals surface area contributed by atoms with E-state index in [1.165, 1.54) is 57.9 Å². The van der Waals surface area contributed by atoms with Crippen molar-refractivity contribution in [2.75, 3.05) is 6.54 Å². The van der Waals surface area contributed by atoms with E-state index in [0.717, 1.165) is 6.04 Å². The standard InChI is InChI=1S/C13H29N/c1-4-6-8-9-10-12-14-13(3)11-7-5-2/h13-14H,4-12H2,1-3H3. The van der Waals surface area contributed by atoms with Crippen molar-refractivity contribution in [2.45, 2.75) is 78.2 Å². The third-order valence-corrected chi connectivity index (χ3v) is 2.76. The van der Waals surface area contributed by atoms with Gasteiger partial charge in [0.25, 0.3) is 0 Å². The van der Waals surface area contributed by atoms with Gasteiger partial charge in [0.1, 0.15) is 0 Å². The largest absolute Gasteiger partial charge is 0.314 e. The molecule has 0 bridgehead atoms. The van der Waals surface area contributed by atoms with Crippen molar-refractivity contribution < 1.29 is 0 Å². The lowest BCUT2D eigenvalue weighted by Gasteiger charge is -2.12. The Hall–Kier alpha value is -0.0400. The molecule has 0 spiro atoms. The molecule has 0 aromatic rings. The fourth-order valence-electron chi connectivity index (χ4n) is 1.69. The van der Waals surface area contributed by atoms with E-state index in [-0.39, 0.29) is 0 Å². The molecular formula is C13H29N. The van der Waals surface area contributed by atoms with Crippen LogP contribution in [0.5, 0.6) is 0 Å². The normalized spacial score (nSPS) is 13.1. The highest BCUT2D eigenvalue weighted by Crippen LogP contribution is 2.03.